The first kappa shape index (κ1) is 14.1. The summed E-state index contributed by atoms with van der Waals surface area (Å²) >= 11 is 0.759. The van der Waals surface area contributed by atoms with Crippen molar-refractivity contribution in [3.05, 3.63) is 0 Å². The number of nitrogens with two attached hydrogens (primary N) is 1. The highest BCUT2D eigenvalue weighted by atomic mass is 32.2. The van der Waals surface area contributed by atoms with Gasteiger partial charge in [0.15, 0.2) is 0 Å². The van der Waals surface area contributed by atoms with Crippen molar-refractivity contribution in [2.75, 3.05) is 12.4 Å². The van der Waals surface area contributed by atoms with E-state index in [1.54, 1.807) is 6.92 Å². The Morgan fingerprint density at radius 2 is 1.86 bits per heavy atom. The lowest BCUT2D eigenvalue weighted by atomic mass is 10.2. The van der Waals surface area contributed by atoms with Crippen LogP contribution in [0, 0.1) is 5.92 Å². The Kier molecular flexibility index (Phi) is 5.85. The lowest BCUT2D eigenvalue weighted by Gasteiger charge is -2.24. The summed E-state index contributed by atoms with van der Waals surface area (Å²) in [4.78, 5) is 0. The summed E-state index contributed by atoms with van der Waals surface area (Å²) in [5.74, 6) is 0.131. The fourth-order valence-corrected chi connectivity index (χ4v) is 2.00. The molecule has 86 valence electrons. The van der Waals surface area contributed by atoms with Crippen LogP contribution < -0.4 is 5.73 Å². The molecule has 0 amide bonds. The molecule has 0 saturated carbocycles. The van der Waals surface area contributed by atoms with Gasteiger partial charge in [-0.1, -0.05) is 6.92 Å². The standard InChI is InChI=1S/C8H16F3NOS/c1-5(3-13)4-14-7(6(2)12)8(9,10)11/h5-7,13H,3-4,12H2,1-2H3. The van der Waals surface area contributed by atoms with E-state index in [4.69, 9.17) is 10.8 Å². The van der Waals surface area contributed by atoms with Gasteiger partial charge in [0.25, 0.3) is 0 Å². The van der Waals surface area contributed by atoms with Gasteiger partial charge in [-0.2, -0.15) is 13.2 Å². The fourth-order valence-electron chi connectivity index (χ4n) is 0.865. The molecule has 0 aromatic carbocycles. The lowest BCUT2D eigenvalue weighted by Crippen LogP contribution is -2.41. The van der Waals surface area contributed by atoms with E-state index in [1.165, 1.54) is 6.92 Å². The van der Waals surface area contributed by atoms with Crippen molar-refractivity contribution in [2.24, 2.45) is 11.7 Å². The molecule has 3 N–H and O–H groups in total. The molecule has 0 aromatic heterocycles. The highest BCUT2D eigenvalue weighted by molar-refractivity contribution is 8.00. The second kappa shape index (κ2) is 5.82. The van der Waals surface area contributed by atoms with E-state index < -0.39 is 17.5 Å². The van der Waals surface area contributed by atoms with Gasteiger partial charge in [-0.15, -0.1) is 11.8 Å². The predicted molar refractivity (Wildman–Crippen MR) is 52.2 cm³/mol. The van der Waals surface area contributed by atoms with Crippen LogP contribution >= 0.6 is 11.8 Å². The summed E-state index contributed by atoms with van der Waals surface area (Å²) in [6.45, 7) is 2.94. The van der Waals surface area contributed by atoms with Crippen molar-refractivity contribution in [2.45, 2.75) is 31.3 Å². The van der Waals surface area contributed by atoms with E-state index in [0.717, 1.165) is 11.8 Å². The van der Waals surface area contributed by atoms with Gasteiger partial charge in [0.05, 0.1) is 0 Å². The van der Waals surface area contributed by atoms with Gasteiger partial charge in [0, 0.05) is 12.6 Å². The number of hydrogen-bond donors (Lipinski definition) is 2. The molecule has 3 atom stereocenters. The summed E-state index contributed by atoms with van der Waals surface area (Å²) in [5, 5.41) is 7.12. The molecule has 0 bridgehead atoms. The molecule has 0 aliphatic carbocycles. The fraction of sp³-hybridized carbons (Fsp3) is 1.00. The maximum absolute atomic E-state index is 12.4. The van der Waals surface area contributed by atoms with Gasteiger partial charge in [-0.05, 0) is 18.6 Å². The highest BCUT2D eigenvalue weighted by Crippen LogP contribution is 2.33. The molecule has 2 nitrogen and oxygen atoms in total. The third-order valence-corrected chi connectivity index (χ3v) is 3.49. The Bertz CT molecular complexity index is 163. The first-order valence-electron chi connectivity index (χ1n) is 4.33. The number of aliphatic hydroxyl groups excluding tert-OH is 1. The topological polar surface area (TPSA) is 46.2 Å². The molecule has 0 aromatic rings. The second-order valence-corrected chi connectivity index (χ2v) is 4.62. The minimum absolute atomic E-state index is 0.101. The van der Waals surface area contributed by atoms with Crippen molar-refractivity contribution in [3.8, 4) is 0 Å². The van der Waals surface area contributed by atoms with Crippen molar-refractivity contribution in [1.82, 2.24) is 0 Å². The summed E-state index contributed by atoms with van der Waals surface area (Å²) in [6.07, 6.45) is -4.27. The number of alkyl halides is 3. The zero-order valence-electron chi connectivity index (χ0n) is 8.21. The molecule has 14 heavy (non-hydrogen) atoms. The molecule has 0 spiro atoms. The van der Waals surface area contributed by atoms with E-state index in [1.807, 2.05) is 0 Å². The lowest BCUT2D eigenvalue weighted by molar-refractivity contribution is -0.131. The van der Waals surface area contributed by atoms with E-state index in [2.05, 4.69) is 0 Å². The zero-order valence-corrected chi connectivity index (χ0v) is 9.03. The van der Waals surface area contributed by atoms with E-state index in [9.17, 15) is 13.2 Å². The summed E-state index contributed by atoms with van der Waals surface area (Å²) < 4.78 is 37.1. The van der Waals surface area contributed by atoms with Crippen LogP contribution in [0.3, 0.4) is 0 Å². The van der Waals surface area contributed by atoms with Gasteiger partial charge in [0.1, 0.15) is 5.25 Å². The SMILES string of the molecule is CC(CO)CSC(C(C)N)C(F)(F)F. The molecule has 0 heterocycles. The van der Waals surface area contributed by atoms with Crippen LogP contribution in [-0.4, -0.2) is 34.9 Å². The third-order valence-electron chi connectivity index (χ3n) is 1.67. The van der Waals surface area contributed by atoms with Gasteiger partial charge < -0.3 is 10.8 Å². The van der Waals surface area contributed by atoms with Crippen molar-refractivity contribution in [3.63, 3.8) is 0 Å². The normalized spacial score (nSPS) is 19.1. The summed E-state index contributed by atoms with van der Waals surface area (Å²) in [6, 6.07) is -0.925. The van der Waals surface area contributed by atoms with E-state index in [-0.39, 0.29) is 18.3 Å². The average Bonchev–Trinajstić information content (AvgIpc) is 2.01. The van der Waals surface area contributed by atoms with Crippen molar-refractivity contribution >= 4 is 11.8 Å². The maximum atomic E-state index is 12.4. The van der Waals surface area contributed by atoms with Crippen LogP contribution in [0.1, 0.15) is 13.8 Å². The van der Waals surface area contributed by atoms with Crippen LogP contribution in [0.25, 0.3) is 0 Å². The Balaban J connectivity index is 4.12. The second-order valence-electron chi connectivity index (χ2n) is 3.44. The number of thioether (sulfide) groups is 1. The molecule has 0 aliphatic heterocycles. The van der Waals surface area contributed by atoms with Crippen LogP contribution in [0.4, 0.5) is 13.2 Å². The number of rotatable bonds is 5. The molecular weight excluding hydrogens is 215 g/mol. The first-order chi connectivity index (χ1) is 6.29. The maximum Gasteiger partial charge on any atom is 0.402 e. The zero-order chi connectivity index (χ0) is 11.4. The first-order valence-corrected chi connectivity index (χ1v) is 5.38. The monoisotopic (exact) mass is 231 g/mol. The van der Waals surface area contributed by atoms with Gasteiger partial charge in [-0.25, -0.2) is 0 Å². The molecule has 0 rings (SSSR count). The van der Waals surface area contributed by atoms with E-state index in [0.29, 0.717) is 0 Å². The Labute approximate surface area is 86.0 Å². The number of hydrogen-bond acceptors (Lipinski definition) is 3. The van der Waals surface area contributed by atoms with Crippen LogP contribution in [0.15, 0.2) is 0 Å². The third kappa shape index (κ3) is 5.07. The molecule has 6 heteroatoms. The van der Waals surface area contributed by atoms with Gasteiger partial charge in [-0.3, -0.25) is 0 Å². The molecule has 0 aliphatic rings. The minimum Gasteiger partial charge on any atom is -0.396 e. The smallest absolute Gasteiger partial charge is 0.396 e. The Hall–Kier alpha value is 0.0600. The van der Waals surface area contributed by atoms with Gasteiger partial charge in [0.2, 0.25) is 0 Å². The molecule has 3 unspecified atom stereocenters. The highest BCUT2D eigenvalue weighted by Gasteiger charge is 2.42. The summed E-state index contributed by atoms with van der Waals surface area (Å²) in [7, 11) is 0. The van der Waals surface area contributed by atoms with Crippen LogP contribution in [0.2, 0.25) is 0 Å². The van der Waals surface area contributed by atoms with E-state index >= 15 is 0 Å². The number of aliphatic hydroxyl groups is 1. The van der Waals surface area contributed by atoms with Crippen LogP contribution in [0.5, 0.6) is 0 Å². The van der Waals surface area contributed by atoms with Crippen LogP contribution in [-0.2, 0) is 0 Å². The number of halogens is 3. The largest absolute Gasteiger partial charge is 0.402 e. The van der Waals surface area contributed by atoms with Crippen molar-refractivity contribution < 1.29 is 18.3 Å². The predicted octanol–water partition coefficient (Wildman–Crippen LogP) is 1.63. The van der Waals surface area contributed by atoms with Gasteiger partial charge >= 0.3 is 6.18 Å². The molecule has 0 radical (unpaired) electrons. The van der Waals surface area contributed by atoms with Crippen molar-refractivity contribution in [1.29, 1.82) is 0 Å². The summed E-state index contributed by atoms with van der Waals surface area (Å²) in [5.41, 5.74) is 5.25. The minimum atomic E-state index is -4.27. The Morgan fingerprint density at radius 1 is 1.36 bits per heavy atom. The molecule has 0 saturated heterocycles. The molecule has 0 fully saturated rings. The molecular formula is C8H16F3NOS. The quantitative estimate of drug-likeness (QED) is 0.756. The Morgan fingerprint density at radius 3 is 2.14 bits per heavy atom. The average molecular weight is 231 g/mol.